The molecule has 0 aliphatic heterocycles. The monoisotopic (exact) mass is 336 g/mol. The van der Waals surface area contributed by atoms with Crippen molar-refractivity contribution in [2.75, 3.05) is 0 Å². The Morgan fingerprint density at radius 3 is 2.38 bits per heavy atom. The van der Waals surface area contributed by atoms with Crippen LogP contribution in [0.15, 0.2) is 70.9 Å². The van der Waals surface area contributed by atoms with E-state index in [1.807, 2.05) is 74.5 Å². The van der Waals surface area contributed by atoms with Crippen LogP contribution < -0.4 is 0 Å². The van der Waals surface area contributed by atoms with Gasteiger partial charge < -0.3 is 0 Å². The van der Waals surface area contributed by atoms with Crippen molar-refractivity contribution in [1.82, 2.24) is 9.97 Å². The minimum Gasteiger partial charge on any atom is -0.233 e. The van der Waals surface area contributed by atoms with Crippen molar-refractivity contribution in [2.24, 2.45) is 10.2 Å². The highest BCUT2D eigenvalue weighted by Crippen LogP contribution is 2.24. The minimum atomic E-state index is -0.0716. The molecule has 3 aromatic rings. The van der Waals surface area contributed by atoms with E-state index in [0.717, 1.165) is 16.8 Å². The molecule has 1 aromatic heterocycles. The molecule has 0 fully saturated rings. The van der Waals surface area contributed by atoms with Crippen LogP contribution in [-0.4, -0.2) is 9.97 Å². The Bertz CT molecular complexity index is 845. The lowest BCUT2D eigenvalue weighted by Crippen LogP contribution is -1.92. The first-order valence-corrected chi connectivity index (χ1v) is 8.07. The SMILES string of the molecule is Cc1nc(N=NC(C)c2ccc(Cl)cc2)cc(-c2ccccc2)n1. The van der Waals surface area contributed by atoms with Crippen LogP contribution >= 0.6 is 11.6 Å². The zero-order valence-corrected chi connectivity index (χ0v) is 14.3. The van der Waals surface area contributed by atoms with Crippen LogP contribution in [0.5, 0.6) is 0 Å². The van der Waals surface area contributed by atoms with Gasteiger partial charge in [-0.1, -0.05) is 54.1 Å². The molecule has 5 heteroatoms. The summed E-state index contributed by atoms with van der Waals surface area (Å²) in [5.74, 6) is 1.23. The Morgan fingerprint density at radius 2 is 1.67 bits per heavy atom. The predicted molar refractivity (Wildman–Crippen MR) is 96.6 cm³/mol. The third-order valence-corrected chi connectivity index (χ3v) is 3.83. The van der Waals surface area contributed by atoms with Crippen molar-refractivity contribution in [3.8, 4) is 11.3 Å². The van der Waals surface area contributed by atoms with Crippen molar-refractivity contribution in [1.29, 1.82) is 0 Å². The smallest absolute Gasteiger partial charge is 0.177 e. The first-order valence-electron chi connectivity index (χ1n) is 7.69. The third-order valence-electron chi connectivity index (χ3n) is 3.58. The summed E-state index contributed by atoms with van der Waals surface area (Å²) in [5.41, 5.74) is 2.93. The first-order chi connectivity index (χ1) is 11.6. The molecule has 0 saturated carbocycles. The summed E-state index contributed by atoms with van der Waals surface area (Å²) in [6.45, 7) is 3.84. The van der Waals surface area contributed by atoms with Gasteiger partial charge in [-0.05, 0) is 31.5 Å². The molecule has 0 aliphatic carbocycles. The van der Waals surface area contributed by atoms with E-state index >= 15 is 0 Å². The standard InChI is InChI=1S/C19H17ClN4/c1-13(15-8-10-17(20)11-9-15)23-24-19-12-18(21-14(2)22-19)16-6-4-3-5-7-16/h3-13H,1-2H3. The number of rotatable bonds is 4. The number of azo groups is 1. The molecule has 0 N–H and O–H groups in total. The Kier molecular flexibility index (Phi) is 4.96. The molecular formula is C19H17ClN4. The lowest BCUT2D eigenvalue weighted by molar-refractivity contribution is 0.759. The summed E-state index contributed by atoms with van der Waals surface area (Å²) in [4.78, 5) is 8.82. The molecule has 24 heavy (non-hydrogen) atoms. The van der Waals surface area contributed by atoms with Gasteiger partial charge in [0.25, 0.3) is 0 Å². The average molecular weight is 337 g/mol. The lowest BCUT2D eigenvalue weighted by atomic mass is 10.1. The second-order valence-electron chi connectivity index (χ2n) is 5.47. The Morgan fingerprint density at radius 1 is 0.958 bits per heavy atom. The van der Waals surface area contributed by atoms with Gasteiger partial charge in [0.15, 0.2) is 5.82 Å². The molecule has 0 bridgehead atoms. The molecule has 3 rings (SSSR count). The Labute approximate surface area is 146 Å². The van der Waals surface area contributed by atoms with E-state index in [1.165, 1.54) is 0 Å². The van der Waals surface area contributed by atoms with E-state index in [0.29, 0.717) is 16.7 Å². The molecule has 4 nitrogen and oxygen atoms in total. The molecule has 1 unspecified atom stereocenters. The van der Waals surface area contributed by atoms with Crippen LogP contribution in [0.2, 0.25) is 5.02 Å². The summed E-state index contributed by atoms with van der Waals surface area (Å²) in [6, 6.07) is 19.4. The summed E-state index contributed by atoms with van der Waals surface area (Å²) < 4.78 is 0. The number of aryl methyl sites for hydroxylation is 1. The zero-order valence-electron chi connectivity index (χ0n) is 13.5. The van der Waals surface area contributed by atoms with Gasteiger partial charge in [0.05, 0.1) is 11.7 Å². The van der Waals surface area contributed by atoms with E-state index in [2.05, 4.69) is 20.2 Å². The Balaban J connectivity index is 1.84. The van der Waals surface area contributed by atoms with Gasteiger partial charge in [-0.2, -0.15) is 5.11 Å². The van der Waals surface area contributed by atoms with Crippen LogP contribution in [0, 0.1) is 6.92 Å². The van der Waals surface area contributed by atoms with Gasteiger partial charge in [0, 0.05) is 16.7 Å². The highest BCUT2D eigenvalue weighted by molar-refractivity contribution is 6.30. The molecule has 0 radical (unpaired) electrons. The third kappa shape index (κ3) is 4.03. The predicted octanol–water partition coefficient (Wildman–Crippen LogP) is 5.95. The van der Waals surface area contributed by atoms with Gasteiger partial charge >= 0.3 is 0 Å². The van der Waals surface area contributed by atoms with Crippen molar-refractivity contribution in [3.05, 3.63) is 77.1 Å². The molecular weight excluding hydrogens is 320 g/mol. The first kappa shape index (κ1) is 16.3. The van der Waals surface area contributed by atoms with Crippen LogP contribution in [0.25, 0.3) is 11.3 Å². The maximum atomic E-state index is 5.91. The second kappa shape index (κ2) is 7.32. The van der Waals surface area contributed by atoms with Crippen molar-refractivity contribution in [2.45, 2.75) is 19.9 Å². The molecule has 1 heterocycles. The second-order valence-corrected chi connectivity index (χ2v) is 5.90. The lowest BCUT2D eigenvalue weighted by Gasteiger charge is -2.06. The topological polar surface area (TPSA) is 50.5 Å². The summed E-state index contributed by atoms with van der Waals surface area (Å²) >= 11 is 5.91. The largest absolute Gasteiger partial charge is 0.233 e. The van der Waals surface area contributed by atoms with E-state index in [9.17, 15) is 0 Å². The number of halogens is 1. The van der Waals surface area contributed by atoms with Gasteiger partial charge in [0.2, 0.25) is 0 Å². The Hall–Kier alpha value is -2.59. The van der Waals surface area contributed by atoms with E-state index < -0.39 is 0 Å². The molecule has 1 atom stereocenters. The molecule has 0 aliphatic rings. The van der Waals surface area contributed by atoms with Gasteiger partial charge in [0.1, 0.15) is 5.82 Å². The minimum absolute atomic E-state index is 0.0716. The van der Waals surface area contributed by atoms with Crippen LogP contribution in [-0.2, 0) is 0 Å². The number of benzene rings is 2. The van der Waals surface area contributed by atoms with Crippen LogP contribution in [0.4, 0.5) is 5.82 Å². The highest BCUT2D eigenvalue weighted by atomic mass is 35.5. The molecule has 0 saturated heterocycles. The highest BCUT2D eigenvalue weighted by Gasteiger charge is 2.06. The van der Waals surface area contributed by atoms with E-state index in [1.54, 1.807) is 0 Å². The fraction of sp³-hybridized carbons (Fsp3) is 0.158. The average Bonchev–Trinajstić information content (AvgIpc) is 2.60. The van der Waals surface area contributed by atoms with Crippen LogP contribution in [0.1, 0.15) is 24.4 Å². The van der Waals surface area contributed by atoms with Gasteiger partial charge in [-0.25, -0.2) is 9.97 Å². The maximum Gasteiger partial charge on any atom is 0.177 e. The fourth-order valence-corrected chi connectivity index (χ4v) is 2.44. The summed E-state index contributed by atoms with van der Waals surface area (Å²) in [7, 11) is 0. The summed E-state index contributed by atoms with van der Waals surface area (Å²) in [5, 5.41) is 9.36. The van der Waals surface area contributed by atoms with Gasteiger partial charge in [-0.3, -0.25) is 0 Å². The molecule has 0 spiro atoms. The molecule has 120 valence electrons. The number of hydrogen-bond acceptors (Lipinski definition) is 4. The maximum absolute atomic E-state index is 5.91. The van der Waals surface area contributed by atoms with Crippen molar-refractivity contribution >= 4 is 17.4 Å². The molecule has 2 aromatic carbocycles. The quantitative estimate of drug-likeness (QED) is 0.553. The van der Waals surface area contributed by atoms with E-state index in [4.69, 9.17) is 11.6 Å². The summed E-state index contributed by atoms with van der Waals surface area (Å²) in [6.07, 6.45) is 0. The van der Waals surface area contributed by atoms with Crippen molar-refractivity contribution < 1.29 is 0 Å². The van der Waals surface area contributed by atoms with E-state index in [-0.39, 0.29) is 6.04 Å². The number of hydrogen-bond donors (Lipinski definition) is 0. The number of nitrogens with zero attached hydrogens (tertiary/aromatic N) is 4. The molecule has 0 amide bonds. The normalized spacial score (nSPS) is 12.5. The number of aromatic nitrogens is 2. The fourth-order valence-electron chi connectivity index (χ4n) is 2.31. The van der Waals surface area contributed by atoms with Crippen molar-refractivity contribution in [3.63, 3.8) is 0 Å². The van der Waals surface area contributed by atoms with Gasteiger partial charge in [-0.15, -0.1) is 5.11 Å². The van der Waals surface area contributed by atoms with Crippen LogP contribution in [0.3, 0.4) is 0 Å². The zero-order chi connectivity index (χ0) is 16.9.